The molecule has 6 nitrogen and oxygen atoms in total. The average Bonchev–Trinajstić information content (AvgIpc) is 2.66. The predicted molar refractivity (Wildman–Crippen MR) is 57.1 cm³/mol. The third-order valence-corrected chi connectivity index (χ3v) is 2.40. The number of benzene rings is 1. The Morgan fingerprint density at radius 1 is 1.38 bits per heavy atom. The molecule has 0 fully saturated rings. The molecular formula is C10H6N4O2. The van der Waals surface area contributed by atoms with E-state index in [1.807, 2.05) is 4.40 Å². The van der Waals surface area contributed by atoms with E-state index in [1.165, 1.54) is 12.1 Å². The fraction of sp³-hybridized carbons (Fsp3) is 0. The lowest BCUT2D eigenvalue weighted by atomic mass is 10.3. The Morgan fingerprint density at radius 2 is 2.25 bits per heavy atom. The molecule has 2 heterocycles. The summed E-state index contributed by atoms with van der Waals surface area (Å²) in [6, 6.07) is 4.62. The average molecular weight is 214 g/mol. The Balaban J connectivity index is 2.41. The van der Waals surface area contributed by atoms with Gasteiger partial charge in [-0.1, -0.05) is 0 Å². The van der Waals surface area contributed by atoms with Crippen LogP contribution in [0.15, 0.2) is 36.8 Å². The summed E-state index contributed by atoms with van der Waals surface area (Å²) < 4.78 is 1.84. The number of nitro groups is 1. The smallest absolute Gasteiger partial charge is 0.271 e. The Morgan fingerprint density at radius 3 is 3.06 bits per heavy atom. The second-order valence-corrected chi connectivity index (χ2v) is 3.35. The van der Waals surface area contributed by atoms with Crippen LogP contribution in [0.3, 0.4) is 0 Å². The van der Waals surface area contributed by atoms with Gasteiger partial charge in [-0.05, 0) is 6.07 Å². The lowest BCUT2D eigenvalue weighted by Gasteiger charge is -1.93. The fourth-order valence-corrected chi connectivity index (χ4v) is 1.68. The van der Waals surface area contributed by atoms with Gasteiger partial charge in [0.1, 0.15) is 0 Å². The highest BCUT2D eigenvalue weighted by molar-refractivity contribution is 5.82. The summed E-state index contributed by atoms with van der Waals surface area (Å²) in [4.78, 5) is 18.4. The van der Waals surface area contributed by atoms with Crippen molar-refractivity contribution < 1.29 is 4.92 Å². The van der Waals surface area contributed by atoms with Gasteiger partial charge in [-0.25, -0.2) is 4.98 Å². The molecule has 78 valence electrons. The van der Waals surface area contributed by atoms with Crippen LogP contribution in [-0.2, 0) is 0 Å². The maximum atomic E-state index is 10.6. The number of aromatic nitrogens is 3. The van der Waals surface area contributed by atoms with E-state index in [-0.39, 0.29) is 5.69 Å². The summed E-state index contributed by atoms with van der Waals surface area (Å²) in [6.45, 7) is 0. The Labute approximate surface area is 89.3 Å². The lowest BCUT2D eigenvalue weighted by Crippen LogP contribution is -1.87. The molecule has 1 aromatic carbocycles. The molecule has 3 rings (SSSR count). The predicted octanol–water partition coefficient (Wildman–Crippen LogP) is 1.79. The number of hydrogen-bond acceptors (Lipinski definition) is 4. The molecule has 0 N–H and O–H groups in total. The van der Waals surface area contributed by atoms with Gasteiger partial charge in [-0.15, -0.1) is 0 Å². The topological polar surface area (TPSA) is 73.3 Å². The first kappa shape index (κ1) is 8.78. The molecule has 0 saturated heterocycles. The van der Waals surface area contributed by atoms with Crippen molar-refractivity contribution in [2.24, 2.45) is 0 Å². The zero-order valence-electron chi connectivity index (χ0n) is 8.07. The Hall–Kier alpha value is -2.50. The van der Waals surface area contributed by atoms with Crippen molar-refractivity contribution in [1.82, 2.24) is 14.4 Å². The van der Waals surface area contributed by atoms with Crippen LogP contribution in [0, 0.1) is 10.1 Å². The van der Waals surface area contributed by atoms with Crippen LogP contribution in [-0.4, -0.2) is 19.3 Å². The van der Waals surface area contributed by atoms with Crippen molar-refractivity contribution >= 4 is 22.4 Å². The van der Waals surface area contributed by atoms with Gasteiger partial charge in [0.2, 0.25) is 0 Å². The first-order valence-electron chi connectivity index (χ1n) is 4.62. The normalized spacial score (nSPS) is 11.0. The minimum atomic E-state index is -0.429. The van der Waals surface area contributed by atoms with Crippen molar-refractivity contribution in [2.75, 3.05) is 0 Å². The Kier molecular flexibility index (Phi) is 1.64. The van der Waals surface area contributed by atoms with E-state index in [0.29, 0.717) is 11.2 Å². The van der Waals surface area contributed by atoms with Crippen molar-refractivity contribution in [3.63, 3.8) is 0 Å². The van der Waals surface area contributed by atoms with Crippen molar-refractivity contribution in [2.45, 2.75) is 0 Å². The molecule has 0 saturated carbocycles. The summed E-state index contributed by atoms with van der Waals surface area (Å²) >= 11 is 0. The van der Waals surface area contributed by atoms with E-state index in [2.05, 4.69) is 9.97 Å². The number of fused-ring (bicyclic) bond motifs is 3. The molecule has 0 aliphatic rings. The molecule has 0 atom stereocenters. The zero-order valence-corrected chi connectivity index (χ0v) is 8.07. The highest BCUT2D eigenvalue weighted by atomic mass is 16.6. The number of imidazole rings is 1. The molecule has 0 amide bonds. The fourth-order valence-electron chi connectivity index (χ4n) is 1.68. The number of hydrogen-bond donors (Lipinski definition) is 0. The first-order valence-corrected chi connectivity index (χ1v) is 4.62. The van der Waals surface area contributed by atoms with Crippen LogP contribution < -0.4 is 0 Å². The van der Waals surface area contributed by atoms with Gasteiger partial charge in [-0.2, -0.15) is 0 Å². The SMILES string of the molecule is O=[N+]([O-])c1ccc2c(c1)nc1cnccn12. The van der Waals surface area contributed by atoms with E-state index in [4.69, 9.17) is 0 Å². The largest absolute Gasteiger partial charge is 0.297 e. The molecule has 0 spiro atoms. The molecule has 0 aliphatic heterocycles. The van der Waals surface area contributed by atoms with Gasteiger partial charge in [0.05, 0.1) is 22.2 Å². The maximum Gasteiger partial charge on any atom is 0.271 e. The molecule has 0 bridgehead atoms. The number of nitro benzene ring substituents is 1. The summed E-state index contributed by atoms with van der Waals surface area (Å²) in [6.07, 6.45) is 5.04. The minimum absolute atomic E-state index is 0.0452. The molecule has 0 aliphatic carbocycles. The second kappa shape index (κ2) is 2.99. The van der Waals surface area contributed by atoms with E-state index < -0.39 is 4.92 Å². The van der Waals surface area contributed by atoms with Crippen LogP contribution >= 0.6 is 0 Å². The van der Waals surface area contributed by atoms with Gasteiger partial charge in [0, 0.05) is 24.5 Å². The van der Waals surface area contributed by atoms with E-state index in [0.717, 1.165) is 5.52 Å². The molecule has 3 aromatic rings. The van der Waals surface area contributed by atoms with Crippen LogP contribution in [0.2, 0.25) is 0 Å². The third-order valence-electron chi connectivity index (χ3n) is 2.40. The van der Waals surface area contributed by atoms with E-state index in [9.17, 15) is 10.1 Å². The van der Waals surface area contributed by atoms with Crippen LogP contribution in [0.1, 0.15) is 0 Å². The van der Waals surface area contributed by atoms with Gasteiger partial charge in [0.15, 0.2) is 5.65 Å². The number of rotatable bonds is 1. The van der Waals surface area contributed by atoms with Crippen molar-refractivity contribution in [3.05, 3.63) is 46.9 Å². The molecule has 16 heavy (non-hydrogen) atoms. The maximum absolute atomic E-state index is 10.6. The standard InChI is InChI=1S/C10H6N4O2/c15-14(16)7-1-2-9-8(5-7)12-10-6-11-3-4-13(9)10/h1-6H. The first-order chi connectivity index (χ1) is 7.75. The van der Waals surface area contributed by atoms with Crippen LogP contribution in [0.5, 0.6) is 0 Å². The second-order valence-electron chi connectivity index (χ2n) is 3.35. The summed E-state index contributed by atoms with van der Waals surface area (Å²) in [5.74, 6) is 0. The highest BCUT2D eigenvalue weighted by Gasteiger charge is 2.10. The lowest BCUT2D eigenvalue weighted by molar-refractivity contribution is -0.384. The van der Waals surface area contributed by atoms with Gasteiger partial charge < -0.3 is 0 Å². The monoisotopic (exact) mass is 214 g/mol. The van der Waals surface area contributed by atoms with Crippen LogP contribution in [0.4, 0.5) is 5.69 Å². The van der Waals surface area contributed by atoms with Crippen molar-refractivity contribution in [3.8, 4) is 0 Å². The van der Waals surface area contributed by atoms with E-state index >= 15 is 0 Å². The summed E-state index contributed by atoms with van der Waals surface area (Å²) in [7, 11) is 0. The zero-order chi connectivity index (χ0) is 11.1. The van der Waals surface area contributed by atoms with Gasteiger partial charge in [-0.3, -0.25) is 19.5 Å². The molecule has 0 radical (unpaired) electrons. The minimum Gasteiger partial charge on any atom is -0.297 e. The molecule has 0 unspecified atom stereocenters. The number of nitrogens with zero attached hydrogens (tertiary/aromatic N) is 4. The van der Waals surface area contributed by atoms with Gasteiger partial charge in [0.25, 0.3) is 5.69 Å². The van der Waals surface area contributed by atoms with Crippen LogP contribution in [0.25, 0.3) is 16.7 Å². The number of non-ortho nitro benzene ring substituents is 1. The van der Waals surface area contributed by atoms with Gasteiger partial charge >= 0.3 is 0 Å². The summed E-state index contributed by atoms with van der Waals surface area (Å²) in [5, 5.41) is 10.6. The van der Waals surface area contributed by atoms with E-state index in [1.54, 1.807) is 24.7 Å². The molecular weight excluding hydrogens is 208 g/mol. The molecule has 2 aromatic heterocycles. The van der Waals surface area contributed by atoms with Crippen molar-refractivity contribution in [1.29, 1.82) is 0 Å². The summed E-state index contributed by atoms with van der Waals surface area (Å²) in [5.41, 5.74) is 2.16. The third kappa shape index (κ3) is 1.13. The Bertz CT molecular complexity index is 704. The molecule has 6 heteroatoms. The quantitative estimate of drug-likeness (QED) is 0.457. The highest BCUT2D eigenvalue weighted by Crippen LogP contribution is 2.21.